The molecule has 1 unspecified atom stereocenters. The number of hydrogen-bond donors (Lipinski definition) is 0. The average molecular weight is 424 g/mol. The lowest BCUT2D eigenvalue weighted by Crippen LogP contribution is -1.94. The van der Waals surface area contributed by atoms with Gasteiger partial charge in [0.25, 0.3) is 0 Å². The molecule has 0 amide bonds. The molecule has 0 nitrogen and oxygen atoms in total. The quantitative estimate of drug-likeness (QED) is 0.209. The molecule has 110 valence electrons. The summed E-state index contributed by atoms with van der Waals surface area (Å²) in [6.07, 6.45) is 0. The Hall–Kier alpha value is -1.65. The van der Waals surface area contributed by atoms with Crippen LogP contribution in [0, 0.1) is 0 Å². The molecule has 5 rings (SSSR count). The van der Waals surface area contributed by atoms with Crippen LogP contribution >= 0.6 is 33.9 Å². The van der Waals surface area contributed by atoms with Crippen LogP contribution in [0.4, 0.5) is 0 Å². The van der Waals surface area contributed by atoms with Crippen LogP contribution in [0.15, 0.2) is 72.8 Å². The van der Waals surface area contributed by atoms with Gasteiger partial charge in [0.2, 0.25) is 0 Å². The lowest BCUT2D eigenvalue weighted by atomic mass is 9.97. The minimum Gasteiger partial charge on any atom is -0.135 e. The molecular formula is C21H13IS. The number of benzene rings is 3. The number of rotatable bonds is 0. The van der Waals surface area contributed by atoms with Gasteiger partial charge in [0.1, 0.15) is 0 Å². The first kappa shape index (κ1) is 13.8. The molecule has 2 heteroatoms. The van der Waals surface area contributed by atoms with Crippen molar-refractivity contribution in [2.24, 2.45) is 0 Å². The van der Waals surface area contributed by atoms with Gasteiger partial charge in [0.05, 0.1) is 3.92 Å². The highest BCUT2D eigenvalue weighted by atomic mass is 127. The van der Waals surface area contributed by atoms with Crippen LogP contribution < -0.4 is 0 Å². The Balaban J connectivity index is 2.02. The molecule has 1 aliphatic rings. The summed E-state index contributed by atoms with van der Waals surface area (Å²) in [6, 6.07) is 26.5. The number of alkyl halides is 1. The Morgan fingerprint density at radius 2 is 1.30 bits per heavy atom. The van der Waals surface area contributed by atoms with E-state index >= 15 is 0 Å². The van der Waals surface area contributed by atoms with Crippen LogP contribution in [-0.4, -0.2) is 0 Å². The van der Waals surface area contributed by atoms with Crippen molar-refractivity contribution in [1.29, 1.82) is 0 Å². The van der Waals surface area contributed by atoms with E-state index in [1.165, 1.54) is 42.8 Å². The van der Waals surface area contributed by atoms with Crippen LogP contribution in [-0.2, 0) is 0 Å². The van der Waals surface area contributed by atoms with Crippen molar-refractivity contribution < 1.29 is 0 Å². The van der Waals surface area contributed by atoms with Gasteiger partial charge in [-0.25, -0.2) is 0 Å². The van der Waals surface area contributed by atoms with Gasteiger partial charge in [-0.2, -0.15) is 0 Å². The van der Waals surface area contributed by atoms with Crippen molar-refractivity contribution in [1.82, 2.24) is 0 Å². The van der Waals surface area contributed by atoms with E-state index in [1.807, 2.05) is 11.3 Å². The van der Waals surface area contributed by atoms with Gasteiger partial charge in [0.15, 0.2) is 0 Å². The summed E-state index contributed by atoms with van der Waals surface area (Å²) in [5.41, 5.74) is 7.02. The third kappa shape index (κ3) is 1.95. The second-order valence-corrected chi connectivity index (χ2v) is 8.14. The van der Waals surface area contributed by atoms with Gasteiger partial charge in [-0.15, -0.1) is 11.3 Å². The highest BCUT2D eigenvalue weighted by Crippen LogP contribution is 2.53. The second kappa shape index (κ2) is 5.18. The topological polar surface area (TPSA) is 0 Å². The maximum atomic E-state index is 2.59. The molecule has 3 aromatic carbocycles. The van der Waals surface area contributed by atoms with Crippen LogP contribution in [0.25, 0.3) is 31.7 Å². The van der Waals surface area contributed by atoms with E-state index in [1.54, 1.807) is 0 Å². The fraction of sp³-hybridized carbons (Fsp3) is 0.0476. The normalized spacial score (nSPS) is 15.6. The third-order valence-corrected chi connectivity index (χ3v) is 7.12. The minimum absolute atomic E-state index is 0.387. The fourth-order valence-corrected chi connectivity index (χ4v) is 5.89. The second-order valence-electron chi connectivity index (χ2n) is 5.84. The smallest absolute Gasteiger partial charge is 0.0620 e. The summed E-state index contributed by atoms with van der Waals surface area (Å²) >= 11 is 4.51. The van der Waals surface area contributed by atoms with Crippen molar-refractivity contribution in [2.45, 2.75) is 3.92 Å². The Bertz CT molecular complexity index is 1040. The zero-order chi connectivity index (χ0) is 15.4. The molecule has 0 N–H and O–H groups in total. The van der Waals surface area contributed by atoms with E-state index in [-0.39, 0.29) is 0 Å². The zero-order valence-electron chi connectivity index (χ0n) is 12.3. The molecule has 0 fully saturated rings. The van der Waals surface area contributed by atoms with E-state index in [2.05, 4.69) is 95.4 Å². The molecule has 1 atom stereocenters. The standard InChI is InChI=1S/C21H13IS/c22-20-14-8-2-1-7-13(14)19-17-11-5-6-12-18(17)23-21(19)16-10-4-3-9-15(16)20/h1-12,20H. The maximum Gasteiger partial charge on any atom is 0.0620 e. The van der Waals surface area contributed by atoms with Crippen molar-refractivity contribution >= 4 is 44.0 Å². The third-order valence-electron chi connectivity index (χ3n) is 4.58. The molecule has 0 spiro atoms. The van der Waals surface area contributed by atoms with Crippen LogP contribution in [0.2, 0.25) is 0 Å². The van der Waals surface area contributed by atoms with Crippen molar-refractivity contribution in [3.05, 3.63) is 83.9 Å². The maximum absolute atomic E-state index is 2.59. The minimum atomic E-state index is 0.387. The van der Waals surface area contributed by atoms with Gasteiger partial charge >= 0.3 is 0 Å². The molecular weight excluding hydrogens is 411 g/mol. The van der Waals surface area contributed by atoms with Crippen LogP contribution in [0.5, 0.6) is 0 Å². The van der Waals surface area contributed by atoms with Crippen molar-refractivity contribution in [2.75, 3.05) is 0 Å². The zero-order valence-corrected chi connectivity index (χ0v) is 15.3. The van der Waals surface area contributed by atoms with E-state index in [0.717, 1.165) is 0 Å². The first-order valence-corrected chi connectivity index (χ1v) is 9.75. The molecule has 0 bridgehead atoms. The van der Waals surface area contributed by atoms with Gasteiger partial charge in [-0.1, -0.05) is 89.3 Å². The molecule has 1 heterocycles. The lowest BCUT2D eigenvalue weighted by molar-refractivity contribution is 1.22. The van der Waals surface area contributed by atoms with E-state index in [0.29, 0.717) is 3.92 Å². The lowest BCUT2D eigenvalue weighted by Gasteiger charge is -2.14. The number of thiophene rings is 1. The molecule has 0 saturated heterocycles. The van der Waals surface area contributed by atoms with Crippen molar-refractivity contribution in [3.63, 3.8) is 0 Å². The monoisotopic (exact) mass is 424 g/mol. The first-order valence-electron chi connectivity index (χ1n) is 7.69. The predicted molar refractivity (Wildman–Crippen MR) is 109 cm³/mol. The summed E-state index contributed by atoms with van der Waals surface area (Å²) in [5, 5.41) is 1.38. The van der Waals surface area contributed by atoms with Crippen LogP contribution in [0.3, 0.4) is 0 Å². The molecule has 1 aromatic heterocycles. The van der Waals surface area contributed by atoms with E-state index in [9.17, 15) is 0 Å². The van der Waals surface area contributed by atoms with Gasteiger partial charge in [-0.05, 0) is 28.3 Å². The van der Waals surface area contributed by atoms with E-state index in [4.69, 9.17) is 0 Å². The molecule has 0 radical (unpaired) electrons. The molecule has 0 saturated carbocycles. The molecule has 1 aliphatic carbocycles. The van der Waals surface area contributed by atoms with E-state index < -0.39 is 0 Å². The highest BCUT2D eigenvalue weighted by molar-refractivity contribution is 14.1. The van der Waals surface area contributed by atoms with Crippen molar-refractivity contribution in [3.8, 4) is 21.6 Å². The van der Waals surface area contributed by atoms with Gasteiger partial charge < -0.3 is 0 Å². The summed E-state index contributed by atoms with van der Waals surface area (Å²) in [6.45, 7) is 0. The Labute approximate surface area is 152 Å². The average Bonchev–Trinajstić information content (AvgIpc) is 2.96. The Morgan fingerprint density at radius 1 is 0.696 bits per heavy atom. The number of fused-ring (bicyclic) bond motifs is 7. The summed E-state index contributed by atoms with van der Waals surface area (Å²) < 4.78 is 1.76. The SMILES string of the molecule is IC1c2ccccc2-c2sc3ccccc3c2-c2ccccc21. The largest absolute Gasteiger partial charge is 0.135 e. The Morgan fingerprint density at radius 3 is 2.13 bits per heavy atom. The fourth-order valence-electron chi connectivity index (χ4n) is 3.54. The molecule has 4 aromatic rings. The first-order chi connectivity index (χ1) is 11.3. The number of halogens is 1. The Kier molecular flexibility index (Phi) is 3.10. The van der Waals surface area contributed by atoms with Crippen LogP contribution in [0.1, 0.15) is 15.1 Å². The molecule has 0 aliphatic heterocycles. The summed E-state index contributed by atoms with van der Waals surface area (Å²) in [5.74, 6) is 0. The predicted octanol–water partition coefficient (Wildman–Crippen LogP) is 7.07. The van der Waals surface area contributed by atoms with Gasteiger partial charge in [0, 0.05) is 20.5 Å². The molecule has 23 heavy (non-hydrogen) atoms. The summed E-state index contributed by atoms with van der Waals surface area (Å²) in [4.78, 5) is 1.41. The summed E-state index contributed by atoms with van der Waals surface area (Å²) in [7, 11) is 0. The van der Waals surface area contributed by atoms with Gasteiger partial charge in [-0.3, -0.25) is 0 Å². The highest BCUT2D eigenvalue weighted by Gasteiger charge is 2.27. The number of hydrogen-bond acceptors (Lipinski definition) is 1.